The molecule has 5 aliphatic heterocycles. The lowest BCUT2D eigenvalue weighted by atomic mass is 9.89. The molecule has 3 aromatic rings. The topological polar surface area (TPSA) is 477 Å². The summed E-state index contributed by atoms with van der Waals surface area (Å²) in [6.07, 6.45) is 10.6. The fraction of sp³-hybridized carbons (Fsp3) is 0.626. The second-order valence-electron chi connectivity index (χ2n) is 38.6. The van der Waals surface area contributed by atoms with Crippen molar-refractivity contribution in [3.8, 4) is 35.3 Å². The maximum absolute atomic E-state index is 14.9. The van der Waals surface area contributed by atoms with Crippen molar-refractivity contribution < 1.29 is 124 Å². The quantitative estimate of drug-likeness (QED) is 0.0147. The van der Waals surface area contributed by atoms with Gasteiger partial charge in [0.25, 0.3) is 17.7 Å². The van der Waals surface area contributed by atoms with E-state index in [1.807, 2.05) is 50.1 Å². The van der Waals surface area contributed by atoms with Crippen molar-refractivity contribution in [2.45, 2.75) is 232 Å². The van der Waals surface area contributed by atoms with Crippen molar-refractivity contribution >= 4 is 106 Å². The molecule has 816 valence electrons. The normalized spacial score (nSPS) is 17.0. The number of methoxy groups -OCH3 is 5. The molecule has 8 rings (SSSR count). The minimum atomic E-state index is -1.05. The average Bonchev–Trinajstić information content (AvgIpc) is 1.60. The Bertz CT molecular complexity index is 5070. The summed E-state index contributed by atoms with van der Waals surface area (Å²) in [6, 6.07) is 10.4. The molecular formula is C107H157N15O26. The molecular weight excluding hydrogens is 1910 g/mol. The monoisotopic (exact) mass is 2070 g/mol. The molecule has 41 nitrogen and oxygen atoms in total. The van der Waals surface area contributed by atoms with E-state index in [-0.39, 0.29) is 228 Å². The Morgan fingerprint density at radius 2 is 1.16 bits per heavy atom. The van der Waals surface area contributed by atoms with Crippen LogP contribution < -0.4 is 61.1 Å². The van der Waals surface area contributed by atoms with Crippen LogP contribution in [0.3, 0.4) is 0 Å². The van der Waals surface area contributed by atoms with E-state index in [1.165, 1.54) is 59.3 Å². The van der Waals surface area contributed by atoms with Gasteiger partial charge < -0.3 is 124 Å². The van der Waals surface area contributed by atoms with E-state index in [2.05, 4.69) is 55.4 Å². The van der Waals surface area contributed by atoms with E-state index in [0.29, 0.717) is 123 Å². The fourth-order valence-electron chi connectivity index (χ4n) is 18.8. The smallest absolute Gasteiger partial charge is 0.328 e. The zero-order valence-corrected chi connectivity index (χ0v) is 88.9. The number of likely N-dealkylation sites (N-methyl/N-ethyl adjacent to an activating group) is 2. The fourth-order valence-corrected chi connectivity index (χ4v) is 18.8. The number of amides is 14. The summed E-state index contributed by atoms with van der Waals surface area (Å²) >= 11 is 0. The van der Waals surface area contributed by atoms with Crippen LogP contribution in [-0.4, -0.2) is 366 Å². The van der Waals surface area contributed by atoms with Crippen LogP contribution in [0.2, 0.25) is 0 Å². The average molecular weight is 2070 g/mol. The third-order valence-electron chi connectivity index (χ3n) is 27.2. The Hall–Kier alpha value is -12.6. The summed E-state index contributed by atoms with van der Waals surface area (Å²) in [7, 11) is 10.4. The first-order valence-corrected chi connectivity index (χ1v) is 51.5. The molecule has 14 amide bonds. The van der Waals surface area contributed by atoms with Gasteiger partial charge in [0.1, 0.15) is 24.2 Å². The van der Waals surface area contributed by atoms with E-state index in [0.717, 1.165) is 23.1 Å². The molecule has 2 unspecified atom stereocenters. The summed E-state index contributed by atoms with van der Waals surface area (Å²) in [5.74, 6) is -4.25. The van der Waals surface area contributed by atoms with E-state index < -0.39 is 108 Å². The van der Waals surface area contributed by atoms with E-state index >= 15 is 0 Å². The number of esters is 1. The molecule has 0 aliphatic carbocycles. The first-order valence-electron chi connectivity index (χ1n) is 51.5. The SMILES string of the molecule is C#CC(=O)NCCCC(=O)N(CCC(=O)NCCOCCOCCC(=O)NC(C)C(=O)NCCCC(=O)N(C)[C@H](C(=O)N[C@H](C(=O)N(C)[C@@H]([C@@H](C)CC)[C@@H](CC(=O)N1CCC[C@H]1[C@H](OC)[C@@H](C)C(=O)NC(Cc1ccccc1)C(=O)OC)OC)C(C)C)C(C)C)CCC(=O)NCCOCCOCCC(=O)N1C[C@@H]2CC(=C)CN2C(=O)c2cc(OC)c(OCCCCCOc3cc4c(cc3OC)C(=O)N3CC(=C)C[C@H]3C=N4)cc21. The summed E-state index contributed by atoms with van der Waals surface area (Å²) in [6.45, 7) is 25.9. The first kappa shape index (κ1) is 121. The molecule has 3 fully saturated rings. The molecule has 7 N–H and O–H groups in total. The van der Waals surface area contributed by atoms with Crippen LogP contribution in [0.25, 0.3) is 0 Å². The zero-order valence-electron chi connectivity index (χ0n) is 88.9. The van der Waals surface area contributed by atoms with Gasteiger partial charge in [-0.05, 0) is 106 Å². The van der Waals surface area contributed by atoms with Crippen molar-refractivity contribution in [1.29, 1.82) is 0 Å². The van der Waals surface area contributed by atoms with Crippen molar-refractivity contribution in [2.75, 3.05) is 186 Å². The standard InChI is InChI=1S/C107H157N15O26/c1-19-72(9)99(88(140-16)63-96(130)119-43-29-32-82(119)100(141-17)73(10)101(131)114-81(107(137)142-18)58-75-30-23-21-24-31-75)117(13)106(136)97(68(3)4)115-103(133)98(69(5)6)116(12)93(127)33-27-40-111-102(132)74(11)113-92(126)37-48-143-52-54-145-50-41-109-90(124)35-44-118(94(128)34-28-39-108-89(123)20-2)45-36-91(125)110-42-51-146-55-53-144-49-38-95(129)122-67-77-57-71(8)66-121(77)105(135)79-60-85(139-15)87(62-83(79)122)148-47-26-22-25-46-147-86-61-80-78(59-84(86)138-14)104(134)120-65-70(7)56-76(120)64-112-80/h2,21,23-24,30-31,59-62,64,68-69,72-74,76-77,81-82,88,97-100H,7-8,19,22,25-29,32-58,63,65-67H2,1,3-6,9-18H3,(H,108,123)(H,109,124)(H,110,125)(H,111,132)(H,113,126)(H,114,131)(H,115,133)/t72-,73+,74?,76-,77-,81?,82-,88+,97-,98-,99-,100+/m0/s1. The summed E-state index contributed by atoms with van der Waals surface area (Å²) in [5, 5.41) is 19.2. The Morgan fingerprint density at radius 1 is 0.568 bits per heavy atom. The number of ether oxygens (including phenoxy) is 11. The van der Waals surface area contributed by atoms with Crippen molar-refractivity contribution in [3.63, 3.8) is 0 Å². The van der Waals surface area contributed by atoms with Gasteiger partial charge in [-0.1, -0.05) is 110 Å². The molecule has 5 heterocycles. The largest absolute Gasteiger partial charge is 0.493 e. The maximum atomic E-state index is 14.9. The molecule has 12 atom stereocenters. The van der Waals surface area contributed by atoms with E-state index in [4.69, 9.17) is 58.5 Å². The summed E-state index contributed by atoms with van der Waals surface area (Å²) in [5.41, 5.74) is 4.33. The minimum absolute atomic E-state index is 0.00264. The van der Waals surface area contributed by atoms with Gasteiger partial charge >= 0.3 is 5.97 Å². The molecule has 0 spiro atoms. The lowest BCUT2D eigenvalue weighted by molar-refractivity contribution is -0.149. The van der Waals surface area contributed by atoms with Crippen molar-refractivity contribution in [1.82, 2.24) is 66.6 Å². The predicted molar refractivity (Wildman–Crippen MR) is 552 cm³/mol. The lowest BCUT2D eigenvalue weighted by Crippen LogP contribution is -2.60. The number of nitrogens with zero attached hydrogens (tertiary/aromatic N) is 8. The Balaban J connectivity index is 0.675. The molecule has 3 aromatic carbocycles. The molecule has 0 radical (unpaired) electrons. The highest BCUT2D eigenvalue weighted by atomic mass is 16.5. The van der Waals surface area contributed by atoms with Gasteiger partial charge in [-0.3, -0.25) is 72.1 Å². The number of aliphatic imine (C=N–C) groups is 1. The molecule has 3 saturated heterocycles. The van der Waals surface area contributed by atoms with Crippen molar-refractivity contribution in [2.24, 2.45) is 28.7 Å². The van der Waals surface area contributed by atoms with Gasteiger partial charge in [0.15, 0.2) is 23.0 Å². The Labute approximate surface area is 869 Å². The number of fused-ring (bicyclic) bond motifs is 4. The van der Waals surface area contributed by atoms with Crippen LogP contribution in [0, 0.1) is 36.0 Å². The maximum Gasteiger partial charge on any atom is 0.328 e. The van der Waals surface area contributed by atoms with Crippen molar-refractivity contribution in [3.05, 3.63) is 95.6 Å². The number of unbranched alkanes of at least 4 members (excludes halogenated alkanes) is 2. The molecule has 0 aromatic heterocycles. The number of nitrogens with one attached hydrogen (secondary N) is 7. The number of anilines is 1. The number of carbonyl (C=O) groups is 15. The lowest BCUT2D eigenvalue weighted by Gasteiger charge is -2.41. The highest BCUT2D eigenvalue weighted by molar-refractivity contribution is 6.08. The Morgan fingerprint density at radius 3 is 1.75 bits per heavy atom. The number of terminal acetylenes is 1. The minimum Gasteiger partial charge on any atom is -0.493 e. The van der Waals surface area contributed by atoms with Crippen LogP contribution in [-0.2, 0) is 102 Å². The Kier molecular flexibility index (Phi) is 50.5. The molecule has 41 heteroatoms. The highest BCUT2D eigenvalue weighted by Crippen LogP contribution is 2.43. The van der Waals surface area contributed by atoms with Gasteiger partial charge in [-0.15, -0.1) is 6.42 Å². The number of likely N-dealkylation sites (tertiary alicyclic amines) is 1. The molecule has 148 heavy (non-hydrogen) atoms. The van der Waals surface area contributed by atoms with Crippen LogP contribution in [0.5, 0.6) is 23.0 Å². The van der Waals surface area contributed by atoms with Crippen LogP contribution in [0.4, 0.5) is 11.4 Å². The number of hydrogen-bond acceptors (Lipinski definition) is 27. The van der Waals surface area contributed by atoms with E-state index in [9.17, 15) is 71.9 Å². The number of benzene rings is 3. The van der Waals surface area contributed by atoms with Crippen LogP contribution in [0.15, 0.2) is 83.9 Å². The molecule has 0 saturated carbocycles. The number of rotatable bonds is 65. The second kappa shape index (κ2) is 62.0. The van der Waals surface area contributed by atoms with Gasteiger partial charge in [0.2, 0.25) is 65.0 Å². The van der Waals surface area contributed by atoms with Crippen LogP contribution >= 0.6 is 0 Å². The van der Waals surface area contributed by atoms with Gasteiger partial charge in [-0.25, -0.2) is 4.79 Å². The predicted octanol–water partition coefficient (Wildman–Crippen LogP) is 6.00. The third kappa shape index (κ3) is 36.1. The van der Waals surface area contributed by atoms with Gasteiger partial charge in [-0.2, -0.15) is 0 Å². The summed E-state index contributed by atoms with van der Waals surface area (Å²) < 4.78 is 63.7. The zero-order chi connectivity index (χ0) is 108. The number of carbonyl (C=O) groups excluding carboxylic acids is 15. The molecule has 5 aliphatic rings. The molecule has 0 bridgehead atoms. The number of hydrogen-bond donors (Lipinski definition) is 7. The summed E-state index contributed by atoms with van der Waals surface area (Å²) in [4.78, 5) is 219. The van der Waals surface area contributed by atoms with Gasteiger partial charge in [0, 0.05) is 151 Å². The second-order valence-corrected chi connectivity index (χ2v) is 38.6. The third-order valence-corrected chi connectivity index (χ3v) is 27.2. The van der Waals surface area contributed by atoms with Gasteiger partial charge in [0.05, 0.1) is 165 Å². The van der Waals surface area contributed by atoms with Crippen LogP contribution in [0.1, 0.15) is 191 Å². The van der Waals surface area contributed by atoms with E-state index in [1.54, 1.807) is 96.6 Å². The highest BCUT2D eigenvalue weighted by Gasteiger charge is 2.46. The first-order chi connectivity index (χ1) is 70.9.